The Morgan fingerprint density at radius 3 is 2.15 bits per heavy atom. The SMILES string of the molecule is O=C(COc1ccccc1Br)c1ccc(NC(=O)c2ccccc2)cc1. The zero-order chi connectivity index (χ0) is 18.4. The molecule has 0 unspecified atom stereocenters. The number of amides is 1. The molecular weight excluding hydrogens is 394 g/mol. The van der Waals surface area contributed by atoms with Gasteiger partial charge in [0.05, 0.1) is 4.47 Å². The van der Waals surface area contributed by atoms with Crippen LogP contribution in [0.5, 0.6) is 5.75 Å². The van der Waals surface area contributed by atoms with Crippen LogP contribution in [0.25, 0.3) is 0 Å². The number of carbonyl (C=O) groups excluding carboxylic acids is 2. The normalized spacial score (nSPS) is 10.2. The zero-order valence-corrected chi connectivity index (χ0v) is 15.4. The lowest BCUT2D eigenvalue weighted by Gasteiger charge is -2.08. The molecule has 3 aromatic carbocycles. The number of benzene rings is 3. The van der Waals surface area contributed by atoms with E-state index in [0.717, 1.165) is 4.47 Å². The van der Waals surface area contributed by atoms with Gasteiger partial charge in [-0.1, -0.05) is 30.3 Å². The summed E-state index contributed by atoms with van der Waals surface area (Å²) in [5.41, 5.74) is 1.73. The maximum absolute atomic E-state index is 12.3. The van der Waals surface area contributed by atoms with E-state index in [9.17, 15) is 9.59 Å². The number of ketones is 1. The standard InChI is InChI=1S/C21H16BrNO3/c22-18-8-4-5-9-20(18)26-14-19(24)15-10-12-17(13-11-15)23-21(25)16-6-2-1-3-7-16/h1-13H,14H2,(H,23,25). The van der Waals surface area contributed by atoms with Crippen molar-refractivity contribution in [3.8, 4) is 5.75 Å². The third-order valence-corrected chi connectivity index (χ3v) is 4.35. The quantitative estimate of drug-likeness (QED) is 0.585. The van der Waals surface area contributed by atoms with Gasteiger partial charge in [0.1, 0.15) is 5.75 Å². The van der Waals surface area contributed by atoms with E-state index >= 15 is 0 Å². The van der Waals surface area contributed by atoms with Gasteiger partial charge in [-0.2, -0.15) is 0 Å². The Kier molecular flexibility index (Phi) is 5.81. The molecule has 0 aliphatic rings. The summed E-state index contributed by atoms with van der Waals surface area (Å²) >= 11 is 3.38. The molecule has 3 rings (SSSR count). The van der Waals surface area contributed by atoms with Crippen molar-refractivity contribution < 1.29 is 14.3 Å². The topological polar surface area (TPSA) is 55.4 Å². The summed E-state index contributed by atoms with van der Waals surface area (Å²) in [6.45, 7) is -0.0572. The lowest BCUT2D eigenvalue weighted by atomic mass is 10.1. The molecule has 1 N–H and O–H groups in total. The van der Waals surface area contributed by atoms with Crippen molar-refractivity contribution in [1.29, 1.82) is 0 Å². The van der Waals surface area contributed by atoms with E-state index in [1.54, 1.807) is 42.5 Å². The van der Waals surface area contributed by atoms with E-state index in [0.29, 0.717) is 22.6 Å². The molecule has 0 bridgehead atoms. The van der Waals surface area contributed by atoms with E-state index in [4.69, 9.17) is 4.74 Å². The van der Waals surface area contributed by atoms with Crippen molar-refractivity contribution in [2.24, 2.45) is 0 Å². The third kappa shape index (κ3) is 4.58. The molecule has 0 aliphatic carbocycles. The second-order valence-electron chi connectivity index (χ2n) is 5.54. The van der Waals surface area contributed by atoms with Crippen LogP contribution in [0.15, 0.2) is 83.3 Å². The van der Waals surface area contributed by atoms with Crippen molar-refractivity contribution in [3.05, 3.63) is 94.5 Å². The first kappa shape index (κ1) is 17.9. The van der Waals surface area contributed by atoms with E-state index in [2.05, 4.69) is 21.2 Å². The van der Waals surface area contributed by atoms with Crippen LogP contribution in [0.3, 0.4) is 0 Å². The monoisotopic (exact) mass is 409 g/mol. The lowest BCUT2D eigenvalue weighted by Crippen LogP contribution is -2.13. The molecule has 0 atom stereocenters. The maximum atomic E-state index is 12.3. The van der Waals surface area contributed by atoms with Gasteiger partial charge >= 0.3 is 0 Å². The summed E-state index contributed by atoms with van der Waals surface area (Å²) in [4.78, 5) is 24.4. The molecule has 3 aromatic rings. The molecule has 0 aromatic heterocycles. The van der Waals surface area contributed by atoms with Crippen LogP contribution in [0.1, 0.15) is 20.7 Å². The van der Waals surface area contributed by atoms with E-state index in [1.165, 1.54) is 0 Å². The summed E-state index contributed by atoms with van der Waals surface area (Å²) in [5.74, 6) is 0.288. The minimum Gasteiger partial charge on any atom is -0.484 e. The number of hydrogen-bond donors (Lipinski definition) is 1. The Morgan fingerprint density at radius 2 is 1.46 bits per heavy atom. The van der Waals surface area contributed by atoms with Crippen molar-refractivity contribution in [3.63, 3.8) is 0 Å². The Balaban J connectivity index is 1.59. The minimum atomic E-state index is -0.193. The van der Waals surface area contributed by atoms with Crippen molar-refractivity contribution in [1.82, 2.24) is 0 Å². The average molecular weight is 410 g/mol. The van der Waals surface area contributed by atoms with Crippen LogP contribution < -0.4 is 10.1 Å². The number of nitrogens with one attached hydrogen (secondary N) is 1. The van der Waals surface area contributed by atoms with Gasteiger partial charge in [-0.3, -0.25) is 9.59 Å². The van der Waals surface area contributed by atoms with Gasteiger partial charge in [0.25, 0.3) is 5.91 Å². The zero-order valence-electron chi connectivity index (χ0n) is 13.8. The molecule has 5 heteroatoms. The van der Waals surface area contributed by atoms with Gasteiger partial charge in [-0.15, -0.1) is 0 Å². The molecule has 4 nitrogen and oxygen atoms in total. The third-order valence-electron chi connectivity index (χ3n) is 3.70. The number of hydrogen-bond acceptors (Lipinski definition) is 3. The molecule has 0 spiro atoms. The van der Waals surface area contributed by atoms with Crippen LogP contribution in [0, 0.1) is 0 Å². The number of halogens is 1. The van der Waals surface area contributed by atoms with Gasteiger partial charge in [-0.05, 0) is 64.5 Å². The highest BCUT2D eigenvalue weighted by Crippen LogP contribution is 2.24. The van der Waals surface area contributed by atoms with Crippen LogP contribution in [0.4, 0.5) is 5.69 Å². The molecule has 130 valence electrons. The molecule has 1 amide bonds. The van der Waals surface area contributed by atoms with Crippen LogP contribution >= 0.6 is 15.9 Å². The van der Waals surface area contributed by atoms with Gasteiger partial charge in [0, 0.05) is 16.8 Å². The highest BCUT2D eigenvalue weighted by molar-refractivity contribution is 9.10. The van der Waals surface area contributed by atoms with Crippen molar-refractivity contribution in [2.45, 2.75) is 0 Å². The fourth-order valence-electron chi connectivity index (χ4n) is 2.32. The van der Waals surface area contributed by atoms with Gasteiger partial charge < -0.3 is 10.1 Å². The number of para-hydroxylation sites is 1. The Hall–Kier alpha value is -2.92. The van der Waals surface area contributed by atoms with E-state index < -0.39 is 0 Å². The fraction of sp³-hybridized carbons (Fsp3) is 0.0476. The average Bonchev–Trinajstić information content (AvgIpc) is 2.68. The Labute approximate surface area is 159 Å². The highest BCUT2D eigenvalue weighted by atomic mass is 79.9. The maximum Gasteiger partial charge on any atom is 0.255 e. The van der Waals surface area contributed by atoms with Gasteiger partial charge in [0.15, 0.2) is 12.4 Å². The highest BCUT2D eigenvalue weighted by Gasteiger charge is 2.10. The summed E-state index contributed by atoms with van der Waals surface area (Å²) in [6.07, 6.45) is 0. The van der Waals surface area contributed by atoms with Gasteiger partial charge in [-0.25, -0.2) is 0 Å². The molecule has 0 aliphatic heterocycles. The van der Waals surface area contributed by atoms with Crippen molar-refractivity contribution >= 4 is 33.3 Å². The van der Waals surface area contributed by atoms with Crippen LogP contribution in [0.2, 0.25) is 0 Å². The molecule has 0 fully saturated rings. The molecule has 26 heavy (non-hydrogen) atoms. The van der Waals surface area contributed by atoms with Gasteiger partial charge in [0.2, 0.25) is 0 Å². The number of Topliss-reactive ketones (excluding diaryl/α,β-unsaturated/α-hetero) is 1. The minimum absolute atomic E-state index is 0.0572. The molecular formula is C21H16BrNO3. The smallest absolute Gasteiger partial charge is 0.255 e. The first-order chi connectivity index (χ1) is 12.6. The van der Waals surface area contributed by atoms with E-state index in [-0.39, 0.29) is 18.3 Å². The number of anilines is 1. The lowest BCUT2D eigenvalue weighted by molar-refractivity contribution is 0.0920. The molecule has 0 saturated carbocycles. The predicted molar refractivity (Wildman–Crippen MR) is 105 cm³/mol. The summed E-state index contributed by atoms with van der Waals surface area (Å²) in [6, 6.07) is 23.1. The Morgan fingerprint density at radius 1 is 0.808 bits per heavy atom. The summed E-state index contributed by atoms with van der Waals surface area (Å²) in [7, 11) is 0. The second-order valence-corrected chi connectivity index (χ2v) is 6.39. The van der Waals surface area contributed by atoms with Crippen molar-refractivity contribution in [2.75, 3.05) is 11.9 Å². The summed E-state index contributed by atoms with van der Waals surface area (Å²) in [5, 5.41) is 2.80. The largest absolute Gasteiger partial charge is 0.484 e. The number of ether oxygens (including phenoxy) is 1. The number of carbonyl (C=O) groups is 2. The number of rotatable bonds is 6. The first-order valence-corrected chi connectivity index (χ1v) is 8.80. The Bertz CT molecular complexity index is 908. The van der Waals surface area contributed by atoms with E-state index in [1.807, 2.05) is 36.4 Å². The fourth-order valence-corrected chi connectivity index (χ4v) is 2.72. The molecule has 0 saturated heterocycles. The predicted octanol–water partition coefficient (Wildman–Crippen LogP) is 4.96. The molecule has 0 radical (unpaired) electrons. The summed E-state index contributed by atoms with van der Waals surface area (Å²) < 4.78 is 6.34. The first-order valence-electron chi connectivity index (χ1n) is 8.00. The second kappa shape index (κ2) is 8.45. The molecule has 0 heterocycles. The van der Waals surface area contributed by atoms with Crippen LogP contribution in [-0.2, 0) is 0 Å². The van der Waals surface area contributed by atoms with Crippen LogP contribution in [-0.4, -0.2) is 18.3 Å².